The summed E-state index contributed by atoms with van der Waals surface area (Å²) >= 11 is 7.07. The van der Waals surface area contributed by atoms with Crippen LogP contribution in [-0.4, -0.2) is 62.3 Å². The molecule has 1 saturated heterocycles. The van der Waals surface area contributed by atoms with Crippen LogP contribution in [0.25, 0.3) is 38.6 Å². The van der Waals surface area contributed by atoms with Gasteiger partial charge < -0.3 is 14.5 Å². The standard InChI is InChI=1S/C35H34ClFN6O3/c1-7-26(44)41-15-21-16-46-34-33(42(21)14-20(41)6)22-12-24(36)28(27-18(4)8-9-25-23(27)13-39-40-25)29(37)32(22)43(35(34)45)31-19(5)10-11-38-30(31)17(2)3/h7-13,17,20-21H,1,14-16H2,2-6H3,(H,39,40). The van der Waals surface area contributed by atoms with Gasteiger partial charge in [0.2, 0.25) is 11.7 Å². The van der Waals surface area contributed by atoms with Gasteiger partial charge >= 0.3 is 0 Å². The number of rotatable bonds is 4. The average Bonchev–Trinajstić information content (AvgIpc) is 3.51. The normalized spacial score (nSPS) is 17.7. The van der Waals surface area contributed by atoms with Gasteiger partial charge in [0.15, 0.2) is 5.82 Å². The molecule has 0 radical (unpaired) electrons. The molecule has 1 amide bonds. The zero-order valence-electron chi connectivity index (χ0n) is 26.3. The molecule has 5 aromatic rings. The number of carbonyl (C=O) groups excluding carboxylic acids is 1. The van der Waals surface area contributed by atoms with Gasteiger partial charge in [0.05, 0.1) is 45.4 Å². The van der Waals surface area contributed by atoms with E-state index in [0.29, 0.717) is 46.5 Å². The van der Waals surface area contributed by atoms with E-state index < -0.39 is 11.4 Å². The van der Waals surface area contributed by atoms with Crippen LogP contribution in [0.4, 0.5) is 10.1 Å². The number of halogens is 2. The van der Waals surface area contributed by atoms with Gasteiger partial charge in [-0.15, -0.1) is 0 Å². The molecule has 7 rings (SSSR count). The van der Waals surface area contributed by atoms with Crippen LogP contribution in [0.3, 0.4) is 0 Å². The van der Waals surface area contributed by atoms with Crippen molar-refractivity contribution in [3.05, 3.63) is 87.3 Å². The van der Waals surface area contributed by atoms with Crippen LogP contribution in [0, 0.1) is 19.7 Å². The van der Waals surface area contributed by atoms with E-state index in [9.17, 15) is 9.59 Å². The molecule has 0 spiro atoms. The van der Waals surface area contributed by atoms with E-state index in [-0.39, 0.29) is 52.4 Å². The fourth-order valence-electron chi connectivity index (χ4n) is 7.09. The highest BCUT2D eigenvalue weighted by Gasteiger charge is 2.41. The van der Waals surface area contributed by atoms with E-state index >= 15 is 4.39 Å². The topological polar surface area (TPSA) is 96.3 Å². The van der Waals surface area contributed by atoms with Crippen molar-refractivity contribution in [2.75, 3.05) is 24.6 Å². The fourth-order valence-corrected chi connectivity index (χ4v) is 7.38. The number of pyridine rings is 2. The number of anilines is 1. The van der Waals surface area contributed by atoms with E-state index in [4.69, 9.17) is 16.3 Å². The molecule has 3 aromatic heterocycles. The van der Waals surface area contributed by atoms with Crippen molar-refractivity contribution in [1.82, 2.24) is 24.6 Å². The highest BCUT2D eigenvalue weighted by Crippen LogP contribution is 2.47. The number of aromatic amines is 1. The maximum absolute atomic E-state index is 17.7. The zero-order chi connectivity index (χ0) is 32.6. The minimum Gasteiger partial charge on any atom is -0.484 e. The number of carbonyl (C=O) groups is 1. The monoisotopic (exact) mass is 640 g/mol. The lowest BCUT2D eigenvalue weighted by molar-refractivity contribution is -0.129. The van der Waals surface area contributed by atoms with Gasteiger partial charge in [0, 0.05) is 47.2 Å². The first kappa shape index (κ1) is 30.0. The second-order valence-corrected chi connectivity index (χ2v) is 12.9. The summed E-state index contributed by atoms with van der Waals surface area (Å²) in [6.07, 6.45) is 4.66. The first-order valence-corrected chi connectivity index (χ1v) is 15.7. The van der Waals surface area contributed by atoms with Crippen LogP contribution in [0.15, 0.2) is 54.1 Å². The van der Waals surface area contributed by atoms with Crippen molar-refractivity contribution >= 4 is 45.0 Å². The largest absolute Gasteiger partial charge is 0.484 e. The molecule has 2 aliphatic heterocycles. The molecule has 2 unspecified atom stereocenters. The molecule has 0 saturated carbocycles. The molecular weight excluding hydrogens is 607 g/mol. The number of benzene rings is 2. The van der Waals surface area contributed by atoms with E-state index in [1.807, 2.05) is 52.8 Å². The SMILES string of the molecule is C=CC(=O)N1CC2COc3c(c4cc(Cl)c(-c5c(C)ccc6[nH]ncc56)c(F)c4n(-c4c(C)ccnc4C(C)C)c3=O)N2CC1C. The van der Waals surface area contributed by atoms with Crippen LogP contribution in [0.5, 0.6) is 5.75 Å². The smallest absolute Gasteiger partial charge is 0.300 e. The second kappa shape index (κ2) is 11.0. The summed E-state index contributed by atoms with van der Waals surface area (Å²) in [6.45, 7) is 14.3. The molecule has 1 N–H and O–H groups in total. The van der Waals surface area contributed by atoms with Crippen molar-refractivity contribution in [3.63, 3.8) is 0 Å². The summed E-state index contributed by atoms with van der Waals surface area (Å²) in [4.78, 5) is 35.9. The quantitative estimate of drug-likeness (QED) is 0.227. The Labute approximate surface area is 270 Å². The molecule has 236 valence electrons. The number of aryl methyl sites for hydroxylation is 2. The summed E-state index contributed by atoms with van der Waals surface area (Å²) in [5.74, 6) is -0.748. The zero-order valence-corrected chi connectivity index (χ0v) is 27.1. The van der Waals surface area contributed by atoms with Crippen LogP contribution in [0.2, 0.25) is 5.02 Å². The number of aromatic nitrogens is 4. The lowest BCUT2D eigenvalue weighted by atomic mass is 9.93. The molecule has 46 heavy (non-hydrogen) atoms. The first-order valence-electron chi connectivity index (χ1n) is 15.4. The van der Waals surface area contributed by atoms with E-state index in [2.05, 4.69) is 26.7 Å². The summed E-state index contributed by atoms with van der Waals surface area (Å²) in [5, 5.41) is 8.51. The van der Waals surface area contributed by atoms with E-state index in [1.54, 1.807) is 23.4 Å². The Balaban J connectivity index is 1.61. The lowest BCUT2D eigenvalue weighted by Crippen LogP contribution is -2.62. The van der Waals surface area contributed by atoms with Crippen molar-refractivity contribution in [3.8, 4) is 22.6 Å². The second-order valence-electron chi connectivity index (χ2n) is 12.5. The van der Waals surface area contributed by atoms with Gasteiger partial charge in [0.25, 0.3) is 5.56 Å². The fraction of sp³-hybridized carbons (Fsp3) is 0.314. The molecular formula is C35H34ClFN6O3. The average molecular weight is 641 g/mol. The summed E-state index contributed by atoms with van der Waals surface area (Å²) in [5.41, 5.74) is 4.34. The molecule has 5 heterocycles. The number of ether oxygens (including phenoxy) is 1. The molecule has 1 fully saturated rings. The van der Waals surface area contributed by atoms with Crippen molar-refractivity contribution in [2.45, 2.75) is 52.6 Å². The number of nitrogens with one attached hydrogen (secondary N) is 1. The van der Waals surface area contributed by atoms with Gasteiger partial charge in [-0.25, -0.2) is 4.39 Å². The summed E-state index contributed by atoms with van der Waals surface area (Å²) < 4.78 is 25.4. The van der Waals surface area contributed by atoms with E-state index in [1.165, 1.54) is 10.6 Å². The van der Waals surface area contributed by atoms with Gasteiger partial charge in [-0.3, -0.25) is 24.2 Å². The molecule has 11 heteroatoms. The Morgan fingerprint density at radius 3 is 2.67 bits per heavy atom. The van der Waals surface area contributed by atoms with Gasteiger partial charge in [-0.05, 0) is 62.1 Å². The van der Waals surface area contributed by atoms with Crippen LogP contribution < -0.4 is 15.2 Å². The number of nitrogens with zero attached hydrogens (tertiary/aromatic N) is 5. The summed E-state index contributed by atoms with van der Waals surface area (Å²) in [7, 11) is 0. The Kier molecular flexibility index (Phi) is 7.15. The van der Waals surface area contributed by atoms with Gasteiger partial charge in [-0.2, -0.15) is 5.10 Å². The van der Waals surface area contributed by atoms with Crippen molar-refractivity contribution in [1.29, 1.82) is 0 Å². The van der Waals surface area contributed by atoms with Crippen molar-refractivity contribution < 1.29 is 13.9 Å². The molecule has 0 aliphatic carbocycles. The molecule has 2 aliphatic rings. The number of amides is 1. The van der Waals surface area contributed by atoms with Gasteiger partial charge in [0.1, 0.15) is 6.61 Å². The Morgan fingerprint density at radius 1 is 1.15 bits per heavy atom. The number of hydrogen-bond donors (Lipinski definition) is 1. The maximum atomic E-state index is 17.7. The minimum atomic E-state index is -0.632. The van der Waals surface area contributed by atoms with Crippen LogP contribution in [-0.2, 0) is 4.79 Å². The number of hydrogen-bond acceptors (Lipinski definition) is 6. The highest BCUT2D eigenvalue weighted by atomic mass is 35.5. The Hall–Kier alpha value is -4.70. The Bertz CT molecular complexity index is 2150. The third kappa shape index (κ3) is 4.34. The predicted molar refractivity (Wildman–Crippen MR) is 179 cm³/mol. The molecule has 2 atom stereocenters. The number of fused-ring (bicyclic) bond motifs is 6. The lowest BCUT2D eigenvalue weighted by Gasteiger charge is -2.48. The number of H-pyrrole nitrogens is 1. The molecule has 2 aromatic carbocycles. The minimum absolute atomic E-state index is 0.0636. The Morgan fingerprint density at radius 2 is 1.93 bits per heavy atom. The predicted octanol–water partition coefficient (Wildman–Crippen LogP) is 6.45. The molecule has 0 bridgehead atoms. The number of piperazine rings is 1. The van der Waals surface area contributed by atoms with Crippen molar-refractivity contribution in [2.24, 2.45) is 0 Å². The maximum Gasteiger partial charge on any atom is 0.300 e. The van der Waals surface area contributed by atoms with E-state index in [0.717, 1.165) is 16.6 Å². The van der Waals surface area contributed by atoms with Crippen LogP contribution >= 0.6 is 11.6 Å². The third-order valence-electron chi connectivity index (χ3n) is 9.30. The van der Waals surface area contributed by atoms with Crippen LogP contribution in [0.1, 0.15) is 43.5 Å². The third-order valence-corrected chi connectivity index (χ3v) is 9.60. The summed E-state index contributed by atoms with van der Waals surface area (Å²) in [6, 6.07) is 6.88. The van der Waals surface area contributed by atoms with Gasteiger partial charge in [-0.1, -0.05) is 38.1 Å². The highest BCUT2D eigenvalue weighted by molar-refractivity contribution is 6.35. The molecule has 9 nitrogen and oxygen atoms in total. The first-order chi connectivity index (χ1) is 22.0.